The number of anilines is 2. The van der Waals surface area contributed by atoms with Crippen molar-refractivity contribution in [1.29, 1.82) is 0 Å². The lowest BCUT2D eigenvalue weighted by Crippen LogP contribution is -2.18. The number of hydrogen-bond donors (Lipinski definition) is 2. The molecule has 1 fully saturated rings. The Kier molecular flexibility index (Phi) is 4.99. The van der Waals surface area contributed by atoms with Crippen molar-refractivity contribution in [1.82, 2.24) is 9.97 Å². The average molecular weight is 297 g/mol. The summed E-state index contributed by atoms with van der Waals surface area (Å²) >= 11 is 1.85. The Labute approximate surface area is 122 Å². The molecule has 0 spiro atoms. The van der Waals surface area contributed by atoms with Gasteiger partial charge in [0.1, 0.15) is 6.20 Å². The van der Waals surface area contributed by atoms with Gasteiger partial charge in [0.25, 0.3) is 0 Å². The van der Waals surface area contributed by atoms with E-state index < -0.39 is 4.92 Å². The molecule has 1 aromatic heterocycles. The van der Waals surface area contributed by atoms with Gasteiger partial charge in [0.2, 0.25) is 11.8 Å². The summed E-state index contributed by atoms with van der Waals surface area (Å²) in [5.74, 6) is 0.729. The van der Waals surface area contributed by atoms with Crippen molar-refractivity contribution in [2.24, 2.45) is 0 Å². The van der Waals surface area contributed by atoms with Crippen LogP contribution in [-0.2, 0) is 0 Å². The van der Waals surface area contributed by atoms with Crippen LogP contribution in [0.5, 0.6) is 0 Å². The number of hydrogen-bond acceptors (Lipinski definition) is 7. The molecule has 0 aliphatic heterocycles. The summed E-state index contributed by atoms with van der Waals surface area (Å²) in [5, 5.41) is 17.9. The van der Waals surface area contributed by atoms with Crippen molar-refractivity contribution >= 4 is 29.2 Å². The highest BCUT2D eigenvalue weighted by molar-refractivity contribution is 7.99. The largest absolute Gasteiger partial charge is 0.361 e. The van der Waals surface area contributed by atoms with Gasteiger partial charge in [-0.15, -0.1) is 0 Å². The van der Waals surface area contributed by atoms with Crippen molar-refractivity contribution in [2.45, 2.75) is 37.5 Å². The monoisotopic (exact) mass is 297 g/mol. The van der Waals surface area contributed by atoms with Gasteiger partial charge in [0, 0.05) is 17.8 Å². The Morgan fingerprint density at radius 1 is 1.55 bits per heavy atom. The molecule has 0 saturated heterocycles. The van der Waals surface area contributed by atoms with Crippen molar-refractivity contribution in [3.05, 3.63) is 16.3 Å². The third kappa shape index (κ3) is 3.50. The minimum absolute atomic E-state index is 0.0701. The summed E-state index contributed by atoms with van der Waals surface area (Å²) in [6, 6.07) is 0.246. The number of rotatable bonds is 6. The second-order valence-corrected chi connectivity index (χ2v) is 5.86. The normalized spacial score (nSPS) is 21.7. The summed E-state index contributed by atoms with van der Waals surface area (Å²) in [6.45, 7) is 2.60. The number of nitrogens with zero attached hydrogens (tertiary/aromatic N) is 3. The van der Waals surface area contributed by atoms with Crippen LogP contribution in [0.1, 0.15) is 26.2 Å². The predicted molar refractivity (Wildman–Crippen MR) is 81.4 cm³/mol. The van der Waals surface area contributed by atoms with Crippen LogP contribution in [0.15, 0.2) is 6.20 Å². The van der Waals surface area contributed by atoms with E-state index in [0.29, 0.717) is 23.6 Å². The van der Waals surface area contributed by atoms with Crippen molar-refractivity contribution in [2.75, 3.05) is 23.4 Å². The Hall–Kier alpha value is -1.57. The third-order valence-corrected chi connectivity index (χ3v) is 4.45. The fraction of sp³-hybridized carbons (Fsp3) is 0.667. The molecule has 1 aliphatic rings. The number of nitrogens with one attached hydrogen (secondary N) is 2. The molecule has 2 rings (SSSR count). The van der Waals surface area contributed by atoms with Gasteiger partial charge in [-0.1, -0.05) is 0 Å². The highest BCUT2D eigenvalue weighted by Crippen LogP contribution is 2.32. The molecule has 1 heterocycles. The van der Waals surface area contributed by atoms with Gasteiger partial charge >= 0.3 is 5.69 Å². The standard InChI is InChI=1S/C12H19N5O2S/c1-3-13-12-14-7-10(17(18)19)11(16-12)15-8-4-5-9(6-8)20-2/h7-9H,3-6H2,1-2H3,(H2,13,14,15,16). The first-order valence-corrected chi connectivity index (χ1v) is 7.97. The van der Waals surface area contributed by atoms with Gasteiger partial charge in [0.05, 0.1) is 4.92 Å². The van der Waals surface area contributed by atoms with Crippen LogP contribution in [0, 0.1) is 10.1 Å². The average Bonchev–Trinajstić information content (AvgIpc) is 2.87. The van der Waals surface area contributed by atoms with E-state index in [1.165, 1.54) is 6.20 Å². The maximum Gasteiger partial charge on any atom is 0.329 e. The smallest absolute Gasteiger partial charge is 0.329 e. The first-order chi connectivity index (χ1) is 9.63. The summed E-state index contributed by atoms with van der Waals surface area (Å²) < 4.78 is 0. The van der Waals surface area contributed by atoms with Gasteiger partial charge in [-0.25, -0.2) is 4.98 Å². The van der Waals surface area contributed by atoms with E-state index in [2.05, 4.69) is 26.9 Å². The molecule has 0 bridgehead atoms. The van der Waals surface area contributed by atoms with Crippen LogP contribution in [0.3, 0.4) is 0 Å². The Morgan fingerprint density at radius 2 is 2.35 bits per heavy atom. The highest BCUT2D eigenvalue weighted by Gasteiger charge is 2.27. The van der Waals surface area contributed by atoms with Crippen LogP contribution < -0.4 is 10.6 Å². The van der Waals surface area contributed by atoms with E-state index in [4.69, 9.17) is 0 Å². The first-order valence-electron chi connectivity index (χ1n) is 6.68. The maximum atomic E-state index is 11.0. The van der Waals surface area contributed by atoms with Crippen molar-refractivity contribution < 1.29 is 4.92 Å². The summed E-state index contributed by atoms with van der Waals surface area (Å²) in [4.78, 5) is 18.8. The van der Waals surface area contributed by atoms with Crippen LogP contribution in [0.2, 0.25) is 0 Å². The van der Waals surface area contributed by atoms with Gasteiger partial charge in [0.15, 0.2) is 0 Å². The lowest BCUT2D eigenvalue weighted by molar-refractivity contribution is -0.384. The van der Waals surface area contributed by atoms with E-state index in [9.17, 15) is 10.1 Å². The van der Waals surface area contributed by atoms with Crippen molar-refractivity contribution in [3.63, 3.8) is 0 Å². The minimum Gasteiger partial charge on any atom is -0.361 e. The van der Waals surface area contributed by atoms with E-state index in [-0.39, 0.29) is 11.7 Å². The molecule has 2 N–H and O–H groups in total. The molecule has 20 heavy (non-hydrogen) atoms. The molecular weight excluding hydrogens is 278 g/mol. The van der Waals surface area contributed by atoms with Crippen LogP contribution >= 0.6 is 11.8 Å². The fourth-order valence-electron chi connectivity index (χ4n) is 2.34. The molecule has 7 nitrogen and oxygen atoms in total. The molecule has 1 saturated carbocycles. The van der Waals surface area contributed by atoms with Crippen LogP contribution in [0.25, 0.3) is 0 Å². The molecule has 0 aromatic carbocycles. The van der Waals surface area contributed by atoms with E-state index >= 15 is 0 Å². The molecule has 110 valence electrons. The van der Waals surface area contributed by atoms with Gasteiger partial charge in [-0.3, -0.25) is 10.1 Å². The first kappa shape index (κ1) is 14.8. The van der Waals surface area contributed by atoms with Gasteiger partial charge in [-0.05, 0) is 32.4 Å². The Bertz CT molecular complexity index is 485. The summed E-state index contributed by atoms with van der Waals surface area (Å²) in [7, 11) is 0. The van der Waals surface area contributed by atoms with Crippen LogP contribution in [-0.4, -0.2) is 39.0 Å². The van der Waals surface area contributed by atoms with Gasteiger partial charge in [-0.2, -0.15) is 16.7 Å². The predicted octanol–water partition coefficient (Wildman–Crippen LogP) is 2.51. The third-order valence-electron chi connectivity index (χ3n) is 3.36. The van der Waals surface area contributed by atoms with E-state index in [1.54, 1.807) is 0 Å². The fourth-order valence-corrected chi connectivity index (χ4v) is 3.13. The zero-order chi connectivity index (χ0) is 14.5. The SMILES string of the molecule is CCNc1ncc([N+](=O)[O-])c(NC2CCC(SC)C2)n1. The summed E-state index contributed by atoms with van der Waals surface area (Å²) in [5.41, 5.74) is -0.0701. The molecule has 1 aliphatic carbocycles. The zero-order valence-electron chi connectivity index (χ0n) is 11.6. The van der Waals surface area contributed by atoms with Gasteiger partial charge < -0.3 is 10.6 Å². The minimum atomic E-state index is -0.445. The van der Waals surface area contributed by atoms with E-state index in [0.717, 1.165) is 19.3 Å². The quantitative estimate of drug-likeness (QED) is 0.615. The summed E-state index contributed by atoms with van der Waals surface area (Å²) in [6.07, 6.45) is 6.53. The molecule has 0 radical (unpaired) electrons. The van der Waals surface area contributed by atoms with Crippen molar-refractivity contribution in [3.8, 4) is 0 Å². The molecule has 2 unspecified atom stereocenters. The number of aromatic nitrogens is 2. The topological polar surface area (TPSA) is 93.0 Å². The van der Waals surface area contributed by atoms with E-state index in [1.807, 2.05) is 18.7 Å². The second-order valence-electron chi connectivity index (χ2n) is 4.73. The second kappa shape index (κ2) is 6.74. The maximum absolute atomic E-state index is 11.0. The lowest BCUT2D eigenvalue weighted by Gasteiger charge is -2.14. The molecule has 2 atom stereocenters. The lowest BCUT2D eigenvalue weighted by atomic mass is 10.2. The highest BCUT2D eigenvalue weighted by atomic mass is 32.2. The molecule has 0 amide bonds. The number of thioether (sulfide) groups is 1. The molecule has 1 aromatic rings. The Morgan fingerprint density at radius 3 is 2.95 bits per heavy atom. The Balaban J connectivity index is 2.15. The molecule has 8 heteroatoms. The molecular formula is C12H19N5O2S. The van der Waals surface area contributed by atoms with Crippen LogP contribution in [0.4, 0.5) is 17.5 Å². The zero-order valence-corrected chi connectivity index (χ0v) is 12.4. The number of nitro groups is 1.